The molecule has 1 fully saturated rings. The minimum Gasteiger partial charge on any atom is -0.467 e. The van der Waals surface area contributed by atoms with Gasteiger partial charge in [0.25, 0.3) is 0 Å². The fourth-order valence-electron chi connectivity index (χ4n) is 5.85. The molecule has 11 heteroatoms. The van der Waals surface area contributed by atoms with Gasteiger partial charge in [0.1, 0.15) is 17.5 Å². The van der Waals surface area contributed by atoms with E-state index in [2.05, 4.69) is 16.1 Å². The number of benzene rings is 1. The zero-order valence-electron chi connectivity index (χ0n) is 20.6. The van der Waals surface area contributed by atoms with Crippen molar-refractivity contribution in [2.24, 2.45) is 0 Å². The molecule has 0 saturated carbocycles. The van der Waals surface area contributed by atoms with E-state index in [0.29, 0.717) is 49.8 Å². The summed E-state index contributed by atoms with van der Waals surface area (Å²) in [5, 5.41) is 14.1. The van der Waals surface area contributed by atoms with Gasteiger partial charge in [-0.25, -0.2) is 4.39 Å². The lowest BCUT2D eigenvalue weighted by Gasteiger charge is -2.43. The number of nitrogens with two attached hydrogens (primary N) is 1. The van der Waals surface area contributed by atoms with Crippen LogP contribution < -0.4 is 15.4 Å². The van der Waals surface area contributed by atoms with Gasteiger partial charge in [-0.1, -0.05) is 6.07 Å². The molecular weight excluding hydrogens is 477 g/mol. The minimum atomic E-state index is -0.686. The SMILES string of the molecule is COc1nc2c(c(N3CCOC[C@@H](n4cc(F)cn4)C3)n1)CO[C@@]1(CCCc3ccc(N)c(C#N)c31)C2. The van der Waals surface area contributed by atoms with Crippen molar-refractivity contribution in [2.45, 2.75) is 43.9 Å². The second-order valence-corrected chi connectivity index (χ2v) is 9.76. The Labute approximate surface area is 213 Å². The Bertz CT molecular complexity index is 1390. The van der Waals surface area contributed by atoms with E-state index in [-0.39, 0.29) is 24.5 Å². The average molecular weight is 506 g/mol. The van der Waals surface area contributed by atoms with Crippen molar-refractivity contribution in [2.75, 3.05) is 44.0 Å². The number of nitriles is 1. The largest absolute Gasteiger partial charge is 0.467 e. The topological polar surface area (TPSA) is 124 Å². The second-order valence-electron chi connectivity index (χ2n) is 9.76. The van der Waals surface area contributed by atoms with Crippen molar-refractivity contribution in [3.63, 3.8) is 0 Å². The van der Waals surface area contributed by atoms with Crippen LogP contribution in [-0.4, -0.2) is 53.2 Å². The monoisotopic (exact) mass is 505 g/mol. The number of aryl methyl sites for hydroxylation is 1. The molecule has 4 heterocycles. The molecule has 0 amide bonds. The number of rotatable bonds is 3. The summed E-state index contributed by atoms with van der Waals surface area (Å²) in [6.45, 7) is 2.31. The average Bonchev–Trinajstić information content (AvgIpc) is 3.19. The summed E-state index contributed by atoms with van der Waals surface area (Å²) >= 11 is 0. The summed E-state index contributed by atoms with van der Waals surface area (Å²) in [6, 6.07) is 6.20. The first kappa shape index (κ1) is 23.6. The maximum atomic E-state index is 13.7. The van der Waals surface area contributed by atoms with Crippen LogP contribution in [0.3, 0.4) is 0 Å². The summed E-state index contributed by atoms with van der Waals surface area (Å²) in [5.41, 5.74) is 10.2. The zero-order chi connectivity index (χ0) is 25.6. The maximum Gasteiger partial charge on any atom is 0.318 e. The molecule has 3 aliphatic rings. The number of aromatic nitrogens is 4. The van der Waals surface area contributed by atoms with Gasteiger partial charge in [0.2, 0.25) is 0 Å². The Balaban J connectivity index is 1.40. The molecule has 192 valence electrons. The van der Waals surface area contributed by atoms with Gasteiger partial charge >= 0.3 is 6.01 Å². The Morgan fingerprint density at radius 1 is 1.32 bits per heavy atom. The molecule has 37 heavy (non-hydrogen) atoms. The van der Waals surface area contributed by atoms with Crippen molar-refractivity contribution >= 4 is 11.5 Å². The molecule has 0 unspecified atom stereocenters. The maximum absolute atomic E-state index is 13.7. The smallest absolute Gasteiger partial charge is 0.318 e. The fraction of sp³-hybridized carbons (Fsp3) is 0.462. The number of fused-ring (bicyclic) bond motifs is 3. The third kappa shape index (κ3) is 4.06. The van der Waals surface area contributed by atoms with Gasteiger partial charge < -0.3 is 24.8 Å². The first-order valence-corrected chi connectivity index (χ1v) is 12.4. The number of methoxy groups -OCH3 is 1. The van der Waals surface area contributed by atoms with Crippen LogP contribution in [0.4, 0.5) is 15.9 Å². The second kappa shape index (κ2) is 9.28. The Hall–Kier alpha value is -3.75. The van der Waals surface area contributed by atoms with Crippen LogP contribution in [0.15, 0.2) is 24.5 Å². The van der Waals surface area contributed by atoms with Gasteiger partial charge in [0.15, 0.2) is 5.82 Å². The van der Waals surface area contributed by atoms with Crippen LogP contribution in [0.5, 0.6) is 6.01 Å². The summed E-state index contributed by atoms with van der Waals surface area (Å²) in [6.07, 6.45) is 5.64. The molecule has 2 aliphatic heterocycles. The third-order valence-electron chi connectivity index (χ3n) is 7.59. The highest BCUT2D eigenvalue weighted by molar-refractivity contribution is 5.63. The van der Waals surface area contributed by atoms with E-state index < -0.39 is 5.60 Å². The van der Waals surface area contributed by atoms with Crippen molar-refractivity contribution in [1.29, 1.82) is 5.26 Å². The van der Waals surface area contributed by atoms with Gasteiger partial charge in [-0.2, -0.15) is 20.3 Å². The zero-order valence-corrected chi connectivity index (χ0v) is 20.6. The standard InChI is InChI=1S/C26H28FN7O3/c1-35-25-31-22-9-26(6-2-3-16-4-5-21(29)19(10-28)23(16)26)37-15-20(22)24(32-25)33-7-8-36-14-18(13-33)34-12-17(27)11-30-34/h4-5,11-12,18H,2-3,6-9,13-15,29H2,1H3/t18-,26-/m0/s1. The van der Waals surface area contributed by atoms with E-state index >= 15 is 0 Å². The van der Waals surface area contributed by atoms with Gasteiger partial charge in [0, 0.05) is 36.3 Å². The fourth-order valence-corrected chi connectivity index (χ4v) is 5.85. The van der Waals surface area contributed by atoms with E-state index in [9.17, 15) is 9.65 Å². The van der Waals surface area contributed by atoms with Crippen LogP contribution in [-0.2, 0) is 34.5 Å². The van der Waals surface area contributed by atoms with Crippen molar-refractivity contribution in [1.82, 2.24) is 19.7 Å². The number of ether oxygens (including phenoxy) is 3. The summed E-state index contributed by atoms with van der Waals surface area (Å²) in [5.74, 6) is 0.324. The van der Waals surface area contributed by atoms with Crippen molar-refractivity contribution in [3.05, 3.63) is 58.3 Å². The Kier molecular flexibility index (Phi) is 5.93. The lowest BCUT2D eigenvalue weighted by atomic mass is 9.72. The number of hydrogen-bond donors (Lipinski definition) is 1. The van der Waals surface area contributed by atoms with Crippen LogP contribution in [0.1, 0.15) is 46.8 Å². The predicted octanol–water partition coefficient (Wildman–Crippen LogP) is 2.66. The van der Waals surface area contributed by atoms with Gasteiger partial charge in [-0.05, 0) is 30.9 Å². The molecule has 1 aromatic carbocycles. The van der Waals surface area contributed by atoms with E-state index in [1.54, 1.807) is 17.9 Å². The van der Waals surface area contributed by atoms with E-state index in [0.717, 1.165) is 41.6 Å². The first-order chi connectivity index (χ1) is 18.0. The molecule has 2 atom stereocenters. The lowest BCUT2D eigenvalue weighted by Crippen LogP contribution is -2.42. The molecule has 0 bridgehead atoms. The van der Waals surface area contributed by atoms with Crippen LogP contribution in [0, 0.1) is 17.1 Å². The minimum absolute atomic E-state index is 0.189. The summed E-state index contributed by atoms with van der Waals surface area (Å²) in [7, 11) is 1.55. The van der Waals surface area contributed by atoms with E-state index in [1.165, 1.54) is 12.4 Å². The van der Waals surface area contributed by atoms with E-state index in [1.807, 2.05) is 6.07 Å². The molecule has 6 rings (SSSR count). The number of halogens is 1. The molecule has 1 spiro atoms. The number of anilines is 2. The quantitative estimate of drug-likeness (QED) is 0.535. The summed E-state index contributed by atoms with van der Waals surface area (Å²) in [4.78, 5) is 11.6. The van der Waals surface area contributed by atoms with Crippen LogP contribution in [0.2, 0.25) is 0 Å². The molecule has 0 radical (unpaired) electrons. The molecule has 2 N–H and O–H groups in total. The van der Waals surface area contributed by atoms with Gasteiger partial charge in [-0.3, -0.25) is 4.68 Å². The molecule has 10 nitrogen and oxygen atoms in total. The van der Waals surface area contributed by atoms with E-state index in [4.69, 9.17) is 29.9 Å². The molecule has 1 saturated heterocycles. The van der Waals surface area contributed by atoms with Crippen molar-refractivity contribution in [3.8, 4) is 12.1 Å². The predicted molar refractivity (Wildman–Crippen MR) is 132 cm³/mol. The van der Waals surface area contributed by atoms with Crippen LogP contribution in [0.25, 0.3) is 0 Å². The highest BCUT2D eigenvalue weighted by atomic mass is 19.1. The van der Waals surface area contributed by atoms with Crippen LogP contribution >= 0.6 is 0 Å². The third-order valence-corrected chi connectivity index (χ3v) is 7.59. The van der Waals surface area contributed by atoms with Gasteiger partial charge in [-0.15, -0.1) is 0 Å². The molecule has 2 aromatic heterocycles. The number of nitrogens with zero attached hydrogens (tertiary/aromatic N) is 6. The highest BCUT2D eigenvalue weighted by Crippen LogP contribution is 2.48. The Morgan fingerprint density at radius 2 is 2.22 bits per heavy atom. The summed E-state index contributed by atoms with van der Waals surface area (Å²) < 4.78 is 33.2. The number of hydrogen-bond acceptors (Lipinski definition) is 9. The lowest BCUT2D eigenvalue weighted by molar-refractivity contribution is -0.0856. The first-order valence-electron chi connectivity index (χ1n) is 12.4. The molecule has 3 aromatic rings. The Morgan fingerprint density at radius 3 is 3.00 bits per heavy atom. The molecule has 1 aliphatic carbocycles. The van der Waals surface area contributed by atoms with Crippen molar-refractivity contribution < 1.29 is 18.6 Å². The number of nitrogen functional groups attached to an aromatic ring is 1. The highest BCUT2D eigenvalue weighted by Gasteiger charge is 2.45. The molecular formula is C26H28FN7O3. The normalized spacial score (nSPS) is 23.2. The van der Waals surface area contributed by atoms with Gasteiger partial charge in [0.05, 0.1) is 56.6 Å².